The molecular weight excluding hydrogens is 320 g/mol. The van der Waals surface area contributed by atoms with Crippen molar-refractivity contribution in [1.29, 1.82) is 0 Å². The molecule has 0 aliphatic carbocycles. The van der Waals surface area contributed by atoms with Crippen molar-refractivity contribution in [2.24, 2.45) is 0 Å². The molecule has 0 radical (unpaired) electrons. The lowest BCUT2D eigenvalue weighted by atomic mass is 10.1. The molecule has 0 saturated heterocycles. The normalized spacial score (nSPS) is 11.9. The molecule has 0 rings (SSSR count). The first-order chi connectivity index (χ1) is 11.6. The molecule has 0 aliphatic heterocycles. The van der Waals surface area contributed by atoms with Gasteiger partial charge in [0.25, 0.3) is 10.1 Å². The molecule has 0 aliphatic rings. The van der Waals surface area contributed by atoms with Crippen LogP contribution < -0.4 is 0 Å². The molecule has 0 bridgehead atoms. The second-order valence-electron chi connectivity index (χ2n) is 7.03. The van der Waals surface area contributed by atoms with Gasteiger partial charge in [-0.3, -0.25) is 4.18 Å². The van der Waals surface area contributed by atoms with Crippen molar-refractivity contribution < 1.29 is 12.6 Å². The molecule has 24 heavy (non-hydrogen) atoms. The Morgan fingerprint density at radius 2 is 0.917 bits per heavy atom. The zero-order valence-electron chi connectivity index (χ0n) is 16.4. The molecule has 0 heterocycles. The molecule has 146 valence electrons. The van der Waals surface area contributed by atoms with Crippen molar-refractivity contribution in [3.63, 3.8) is 0 Å². The van der Waals surface area contributed by atoms with E-state index in [0.29, 0.717) is 6.61 Å². The minimum atomic E-state index is -3.29. The summed E-state index contributed by atoms with van der Waals surface area (Å²) in [6, 6.07) is 0. The average Bonchev–Trinajstić information content (AvgIpc) is 2.55. The largest absolute Gasteiger partial charge is 0.270 e. The van der Waals surface area contributed by atoms with Gasteiger partial charge >= 0.3 is 0 Å². The standard InChI is InChI=1S/C20H42O3S/c1-3-5-7-9-11-12-13-14-16-18-20-24(21,22)23-19-17-15-10-8-6-4-2/h3-20H2,1-2H3. The van der Waals surface area contributed by atoms with Crippen LogP contribution >= 0.6 is 0 Å². The molecule has 0 aromatic rings. The third-order valence-corrected chi connectivity index (χ3v) is 5.82. The van der Waals surface area contributed by atoms with E-state index in [-0.39, 0.29) is 5.75 Å². The van der Waals surface area contributed by atoms with Crippen LogP contribution in [0.4, 0.5) is 0 Å². The predicted molar refractivity (Wildman–Crippen MR) is 105 cm³/mol. The van der Waals surface area contributed by atoms with Crippen LogP contribution in [0.15, 0.2) is 0 Å². The summed E-state index contributed by atoms with van der Waals surface area (Å²) in [7, 11) is -3.29. The van der Waals surface area contributed by atoms with E-state index in [0.717, 1.165) is 32.1 Å². The second kappa shape index (κ2) is 17.7. The smallest absolute Gasteiger partial charge is 0.267 e. The van der Waals surface area contributed by atoms with Gasteiger partial charge < -0.3 is 0 Å². The van der Waals surface area contributed by atoms with Gasteiger partial charge in [-0.2, -0.15) is 8.42 Å². The Kier molecular flexibility index (Phi) is 17.7. The Morgan fingerprint density at radius 3 is 1.38 bits per heavy atom. The first-order valence-corrected chi connectivity index (χ1v) is 12.1. The van der Waals surface area contributed by atoms with Gasteiger partial charge in [-0.05, 0) is 12.8 Å². The minimum Gasteiger partial charge on any atom is -0.270 e. The molecule has 0 unspecified atom stereocenters. The number of hydrogen-bond acceptors (Lipinski definition) is 3. The van der Waals surface area contributed by atoms with Crippen LogP contribution in [0, 0.1) is 0 Å². The Labute approximate surface area is 152 Å². The summed E-state index contributed by atoms with van der Waals surface area (Å²) in [6.45, 7) is 4.81. The van der Waals surface area contributed by atoms with Gasteiger partial charge in [0.05, 0.1) is 12.4 Å². The van der Waals surface area contributed by atoms with Crippen LogP contribution in [0.5, 0.6) is 0 Å². The summed E-state index contributed by atoms with van der Waals surface area (Å²) >= 11 is 0. The van der Waals surface area contributed by atoms with Crippen molar-refractivity contribution in [2.45, 2.75) is 117 Å². The lowest BCUT2D eigenvalue weighted by Crippen LogP contribution is -2.11. The van der Waals surface area contributed by atoms with Gasteiger partial charge in [-0.15, -0.1) is 0 Å². The van der Waals surface area contributed by atoms with E-state index in [9.17, 15) is 8.42 Å². The highest BCUT2D eigenvalue weighted by molar-refractivity contribution is 7.86. The van der Waals surface area contributed by atoms with Crippen molar-refractivity contribution in [3.05, 3.63) is 0 Å². The molecule has 0 N–H and O–H groups in total. The monoisotopic (exact) mass is 362 g/mol. The van der Waals surface area contributed by atoms with E-state index in [4.69, 9.17) is 4.18 Å². The first-order valence-electron chi connectivity index (χ1n) is 10.5. The summed E-state index contributed by atoms with van der Waals surface area (Å²) in [5.74, 6) is 0.194. The molecule has 0 saturated carbocycles. The fourth-order valence-corrected chi connectivity index (χ4v) is 3.94. The first kappa shape index (κ1) is 23.9. The van der Waals surface area contributed by atoms with Gasteiger partial charge in [0.2, 0.25) is 0 Å². The number of unbranched alkanes of at least 4 members (excludes halogenated alkanes) is 14. The van der Waals surface area contributed by atoms with Crippen molar-refractivity contribution in [1.82, 2.24) is 0 Å². The van der Waals surface area contributed by atoms with E-state index in [1.165, 1.54) is 70.6 Å². The molecule has 0 aromatic heterocycles. The summed E-state index contributed by atoms with van der Waals surface area (Å²) in [5, 5.41) is 0. The summed E-state index contributed by atoms with van der Waals surface area (Å²) in [6.07, 6.45) is 19.1. The molecular formula is C20H42O3S. The molecule has 0 spiro atoms. The lowest BCUT2D eigenvalue weighted by molar-refractivity contribution is 0.305. The van der Waals surface area contributed by atoms with Gasteiger partial charge in [-0.25, -0.2) is 0 Å². The van der Waals surface area contributed by atoms with Crippen molar-refractivity contribution in [2.75, 3.05) is 12.4 Å². The van der Waals surface area contributed by atoms with Crippen LogP contribution in [0.2, 0.25) is 0 Å². The van der Waals surface area contributed by atoms with Crippen LogP contribution in [0.1, 0.15) is 117 Å². The van der Waals surface area contributed by atoms with E-state index in [1.54, 1.807) is 0 Å². The summed E-state index contributed by atoms with van der Waals surface area (Å²) < 4.78 is 28.6. The van der Waals surface area contributed by atoms with E-state index in [2.05, 4.69) is 13.8 Å². The Balaban J connectivity index is 3.35. The maximum Gasteiger partial charge on any atom is 0.267 e. The molecule has 0 fully saturated rings. The van der Waals surface area contributed by atoms with Gasteiger partial charge in [0.15, 0.2) is 0 Å². The molecule has 0 aromatic carbocycles. The third kappa shape index (κ3) is 18.3. The van der Waals surface area contributed by atoms with Crippen LogP contribution in [-0.4, -0.2) is 20.8 Å². The fraction of sp³-hybridized carbons (Fsp3) is 1.00. The Morgan fingerprint density at radius 1 is 0.542 bits per heavy atom. The van der Waals surface area contributed by atoms with Crippen LogP contribution in [0.3, 0.4) is 0 Å². The van der Waals surface area contributed by atoms with Crippen LogP contribution in [-0.2, 0) is 14.3 Å². The molecule has 3 nitrogen and oxygen atoms in total. The van der Waals surface area contributed by atoms with E-state index >= 15 is 0 Å². The van der Waals surface area contributed by atoms with E-state index < -0.39 is 10.1 Å². The van der Waals surface area contributed by atoms with Crippen LogP contribution in [0.25, 0.3) is 0 Å². The zero-order valence-corrected chi connectivity index (χ0v) is 17.2. The molecule has 4 heteroatoms. The second-order valence-corrected chi connectivity index (χ2v) is 8.79. The van der Waals surface area contributed by atoms with Crippen molar-refractivity contribution >= 4 is 10.1 Å². The fourth-order valence-electron chi connectivity index (χ4n) is 2.89. The third-order valence-electron chi connectivity index (χ3n) is 4.51. The predicted octanol–water partition coefficient (Wildman–Crippen LogP) is 6.61. The minimum absolute atomic E-state index is 0.194. The highest BCUT2D eigenvalue weighted by atomic mass is 32.2. The summed E-state index contributed by atoms with van der Waals surface area (Å²) in [4.78, 5) is 0. The van der Waals surface area contributed by atoms with Gasteiger partial charge in [0.1, 0.15) is 0 Å². The van der Waals surface area contributed by atoms with E-state index in [1.807, 2.05) is 0 Å². The zero-order chi connectivity index (χ0) is 17.9. The molecule has 0 amide bonds. The topological polar surface area (TPSA) is 43.4 Å². The number of rotatable bonds is 19. The maximum absolute atomic E-state index is 11.8. The summed E-state index contributed by atoms with van der Waals surface area (Å²) in [5.41, 5.74) is 0. The molecule has 0 atom stereocenters. The van der Waals surface area contributed by atoms with Gasteiger partial charge in [-0.1, -0.05) is 104 Å². The lowest BCUT2D eigenvalue weighted by Gasteiger charge is -2.06. The van der Waals surface area contributed by atoms with Crippen molar-refractivity contribution in [3.8, 4) is 0 Å². The maximum atomic E-state index is 11.8. The SMILES string of the molecule is CCCCCCCCCCCCS(=O)(=O)OCCCCCCCC. The Hall–Kier alpha value is -0.0900. The number of hydrogen-bond donors (Lipinski definition) is 0. The quantitative estimate of drug-likeness (QED) is 0.192. The highest BCUT2D eigenvalue weighted by Gasteiger charge is 2.10. The average molecular weight is 363 g/mol. The Bertz CT molecular complexity index is 339. The highest BCUT2D eigenvalue weighted by Crippen LogP contribution is 2.12. The van der Waals surface area contributed by atoms with Gasteiger partial charge in [0, 0.05) is 0 Å².